The molecule has 120 valence electrons. The first-order chi connectivity index (χ1) is 11.0. The average Bonchev–Trinajstić information content (AvgIpc) is 2.95. The molecule has 4 nitrogen and oxygen atoms in total. The molecule has 23 heavy (non-hydrogen) atoms. The van der Waals surface area contributed by atoms with Crippen molar-refractivity contribution in [3.05, 3.63) is 53.3 Å². The van der Waals surface area contributed by atoms with Crippen LogP contribution in [0.4, 0.5) is 15.8 Å². The van der Waals surface area contributed by atoms with E-state index in [4.69, 9.17) is 0 Å². The van der Waals surface area contributed by atoms with E-state index in [9.17, 15) is 14.3 Å². The number of halogens is 1. The number of carbonyl (C=O) groups is 1. The highest BCUT2D eigenvalue weighted by molar-refractivity contribution is 5.95. The minimum Gasteiger partial charge on any atom is -0.505 e. The molecule has 0 spiro atoms. The van der Waals surface area contributed by atoms with Gasteiger partial charge in [0.2, 0.25) is 5.91 Å². The molecule has 0 bridgehead atoms. The van der Waals surface area contributed by atoms with Crippen LogP contribution in [0.2, 0.25) is 0 Å². The molecule has 2 aromatic rings. The Morgan fingerprint density at radius 3 is 2.83 bits per heavy atom. The Morgan fingerprint density at radius 1 is 1.35 bits per heavy atom. The van der Waals surface area contributed by atoms with Crippen molar-refractivity contribution in [3.63, 3.8) is 0 Å². The molecular formula is C18H19FN2O2. The van der Waals surface area contributed by atoms with E-state index in [-0.39, 0.29) is 17.7 Å². The number of phenolic OH excluding ortho intramolecular Hbond substituents is 1. The number of nitrogens with one attached hydrogen (secondary N) is 1. The van der Waals surface area contributed by atoms with Gasteiger partial charge in [-0.1, -0.05) is 12.1 Å². The lowest BCUT2D eigenvalue weighted by atomic mass is 10.1. The maximum atomic E-state index is 13.2. The summed E-state index contributed by atoms with van der Waals surface area (Å²) >= 11 is 0. The Balaban J connectivity index is 1.86. The molecule has 1 atom stereocenters. The molecule has 0 aromatic heterocycles. The second-order valence-corrected chi connectivity index (χ2v) is 5.80. The molecule has 1 amide bonds. The monoisotopic (exact) mass is 314 g/mol. The predicted octanol–water partition coefficient (Wildman–Crippen LogP) is 3.61. The number of hydrogen-bond donors (Lipinski definition) is 2. The number of fused-ring (bicyclic) bond motifs is 1. The molecule has 3 rings (SSSR count). The molecular weight excluding hydrogens is 295 g/mol. The highest BCUT2D eigenvalue weighted by Crippen LogP contribution is 2.35. The predicted molar refractivity (Wildman–Crippen MR) is 88.3 cm³/mol. The van der Waals surface area contributed by atoms with Crippen molar-refractivity contribution < 1.29 is 14.3 Å². The van der Waals surface area contributed by atoms with E-state index in [1.54, 1.807) is 17.9 Å². The summed E-state index contributed by atoms with van der Waals surface area (Å²) in [5.74, 6) is -0.937. The molecule has 0 aliphatic carbocycles. The van der Waals surface area contributed by atoms with E-state index in [2.05, 4.69) is 5.32 Å². The molecule has 1 unspecified atom stereocenters. The van der Waals surface area contributed by atoms with E-state index in [1.807, 2.05) is 25.1 Å². The van der Waals surface area contributed by atoms with Crippen molar-refractivity contribution in [2.24, 2.45) is 0 Å². The van der Waals surface area contributed by atoms with Gasteiger partial charge < -0.3 is 15.3 Å². The fraction of sp³-hybridized carbons (Fsp3) is 0.278. The lowest BCUT2D eigenvalue weighted by molar-refractivity contribution is -0.116. The van der Waals surface area contributed by atoms with Gasteiger partial charge in [0.1, 0.15) is 0 Å². The molecule has 5 heteroatoms. The van der Waals surface area contributed by atoms with Gasteiger partial charge in [0, 0.05) is 36.4 Å². The first-order valence-corrected chi connectivity index (χ1v) is 7.62. The summed E-state index contributed by atoms with van der Waals surface area (Å²) in [4.78, 5) is 13.4. The standard InChI is InChI=1S/C18H19FN2O2/c1-11(13-6-7-15(19)18(23)10-13)20-16-4-3-5-17-14(16)8-9-21(17)12(2)22/h3-7,10-11,20,23H,8-9H2,1-2H3. The fourth-order valence-corrected chi connectivity index (χ4v) is 3.01. The Hall–Kier alpha value is -2.56. The maximum absolute atomic E-state index is 13.2. The lowest BCUT2D eigenvalue weighted by Crippen LogP contribution is -2.25. The first-order valence-electron chi connectivity index (χ1n) is 7.62. The second-order valence-electron chi connectivity index (χ2n) is 5.80. The average molecular weight is 314 g/mol. The number of anilines is 2. The molecule has 2 N–H and O–H groups in total. The van der Waals surface area contributed by atoms with Crippen molar-refractivity contribution in [2.45, 2.75) is 26.3 Å². The van der Waals surface area contributed by atoms with Gasteiger partial charge in [-0.25, -0.2) is 4.39 Å². The van der Waals surface area contributed by atoms with Gasteiger partial charge in [0.05, 0.1) is 0 Å². The van der Waals surface area contributed by atoms with E-state index < -0.39 is 5.82 Å². The van der Waals surface area contributed by atoms with Crippen LogP contribution in [0.3, 0.4) is 0 Å². The number of aromatic hydroxyl groups is 1. The van der Waals surface area contributed by atoms with E-state index in [0.717, 1.165) is 28.9 Å². The van der Waals surface area contributed by atoms with E-state index >= 15 is 0 Å². The summed E-state index contributed by atoms with van der Waals surface area (Å²) in [5, 5.41) is 12.9. The third-order valence-electron chi connectivity index (χ3n) is 4.25. The first kappa shape index (κ1) is 15.3. The Bertz CT molecular complexity index is 761. The Morgan fingerprint density at radius 2 is 2.13 bits per heavy atom. The molecule has 0 radical (unpaired) electrons. The fourth-order valence-electron chi connectivity index (χ4n) is 3.01. The minimum atomic E-state index is -0.626. The van der Waals surface area contributed by atoms with Crippen molar-refractivity contribution in [3.8, 4) is 5.75 Å². The van der Waals surface area contributed by atoms with Crippen LogP contribution in [0.15, 0.2) is 36.4 Å². The largest absolute Gasteiger partial charge is 0.505 e. The number of carbonyl (C=O) groups excluding carboxylic acids is 1. The Labute approximate surface area is 134 Å². The molecule has 2 aromatic carbocycles. The SMILES string of the molecule is CC(=O)N1CCc2c(NC(C)c3ccc(F)c(O)c3)cccc21. The van der Waals surface area contributed by atoms with Gasteiger partial charge in [-0.2, -0.15) is 0 Å². The van der Waals surface area contributed by atoms with E-state index in [0.29, 0.717) is 6.54 Å². The van der Waals surface area contributed by atoms with Crippen LogP contribution in [-0.4, -0.2) is 17.6 Å². The van der Waals surface area contributed by atoms with Crippen molar-refractivity contribution >= 4 is 17.3 Å². The zero-order chi connectivity index (χ0) is 16.6. The summed E-state index contributed by atoms with van der Waals surface area (Å²) in [5.41, 5.74) is 3.81. The topological polar surface area (TPSA) is 52.6 Å². The zero-order valence-corrected chi connectivity index (χ0v) is 13.1. The number of nitrogens with zero attached hydrogens (tertiary/aromatic N) is 1. The second kappa shape index (κ2) is 5.91. The molecule has 0 saturated carbocycles. The number of rotatable bonds is 3. The van der Waals surface area contributed by atoms with Crippen LogP contribution in [-0.2, 0) is 11.2 Å². The maximum Gasteiger partial charge on any atom is 0.223 e. The van der Waals surface area contributed by atoms with Gasteiger partial charge in [-0.05, 0) is 43.2 Å². The van der Waals surface area contributed by atoms with Crippen LogP contribution in [0.1, 0.15) is 31.0 Å². The van der Waals surface area contributed by atoms with Crippen molar-refractivity contribution in [1.82, 2.24) is 0 Å². The summed E-state index contributed by atoms with van der Waals surface area (Å²) in [6.07, 6.45) is 0.805. The molecule has 1 aliphatic rings. The van der Waals surface area contributed by atoms with Gasteiger partial charge in [0.15, 0.2) is 11.6 Å². The lowest BCUT2D eigenvalue weighted by Gasteiger charge is -2.19. The summed E-state index contributed by atoms with van der Waals surface area (Å²) < 4.78 is 13.2. The highest BCUT2D eigenvalue weighted by atomic mass is 19.1. The van der Waals surface area contributed by atoms with Gasteiger partial charge >= 0.3 is 0 Å². The number of hydrogen-bond acceptors (Lipinski definition) is 3. The number of phenols is 1. The number of amides is 1. The van der Waals surface area contributed by atoms with Gasteiger partial charge in [-0.3, -0.25) is 4.79 Å². The molecule has 0 saturated heterocycles. The zero-order valence-electron chi connectivity index (χ0n) is 13.1. The summed E-state index contributed by atoms with van der Waals surface area (Å²) in [7, 11) is 0. The third-order valence-corrected chi connectivity index (χ3v) is 4.25. The van der Waals surface area contributed by atoms with Crippen LogP contribution in [0.25, 0.3) is 0 Å². The van der Waals surface area contributed by atoms with Crippen molar-refractivity contribution in [2.75, 3.05) is 16.8 Å². The number of benzene rings is 2. The Kier molecular flexibility index (Phi) is 3.94. The van der Waals surface area contributed by atoms with E-state index in [1.165, 1.54) is 12.1 Å². The molecule has 1 heterocycles. The third kappa shape index (κ3) is 2.86. The summed E-state index contributed by atoms with van der Waals surface area (Å²) in [6.45, 7) is 4.21. The summed E-state index contributed by atoms with van der Waals surface area (Å²) in [6, 6.07) is 10.1. The van der Waals surface area contributed by atoms with Crippen LogP contribution >= 0.6 is 0 Å². The van der Waals surface area contributed by atoms with Crippen LogP contribution in [0, 0.1) is 5.82 Å². The highest BCUT2D eigenvalue weighted by Gasteiger charge is 2.24. The van der Waals surface area contributed by atoms with Gasteiger partial charge in [-0.15, -0.1) is 0 Å². The van der Waals surface area contributed by atoms with Crippen LogP contribution < -0.4 is 10.2 Å². The smallest absolute Gasteiger partial charge is 0.223 e. The van der Waals surface area contributed by atoms with Gasteiger partial charge in [0.25, 0.3) is 0 Å². The van der Waals surface area contributed by atoms with Crippen LogP contribution in [0.5, 0.6) is 5.75 Å². The molecule has 1 aliphatic heterocycles. The quantitative estimate of drug-likeness (QED) is 0.910. The molecule has 0 fully saturated rings. The normalized spacial score (nSPS) is 14.5. The van der Waals surface area contributed by atoms with Crippen molar-refractivity contribution in [1.29, 1.82) is 0 Å². The minimum absolute atomic E-state index is 0.0393.